The lowest BCUT2D eigenvalue weighted by Gasteiger charge is -1.98. The van der Waals surface area contributed by atoms with Crippen molar-refractivity contribution in [1.82, 2.24) is 9.97 Å². The summed E-state index contributed by atoms with van der Waals surface area (Å²) in [7, 11) is 0. The van der Waals surface area contributed by atoms with E-state index in [0.717, 1.165) is 22.6 Å². The maximum Gasteiger partial charge on any atom is 0.365 e. The van der Waals surface area contributed by atoms with Gasteiger partial charge in [0.2, 0.25) is 5.01 Å². The van der Waals surface area contributed by atoms with Crippen LogP contribution in [0.4, 0.5) is 0 Å². The Morgan fingerprint density at radius 3 is 2.94 bits per heavy atom. The molecule has 5 heteroatoms. The number of hydrogen-bond acceptors (Lipinski definition) is 4. The molecule has 0 bridgehead atoms. The summed E-state index contributed by atoms with van der Waals surface area (Å²) < 4.78 is 0. The Balaban J connectivity index is 2.38. The fraction of sp³-hybridized carbons (Fsp3) is 0.182. The number of aromatic nitrogens is 2. The SMILES string of the molecule is CCc1cc(-c2cnc(C(=O)O)s2)ccn1. The second-order valence-corrected chi connectivity index (χ2v) is 4.25. The summed E-state index contributed by atoms with van der Waals surface area (Å²) in [4.78, 5) is 19.6. The maximum absolute atomic E-state index is 10.7. The molecule has 0 atom stereocenters. The van der Waals surface area contributed by atoms with E-state index < -0.39 is 5.97 Å². The highest BCUT2D eigenvalue weighted by molar-refractivity contribution is 7.16. The van der Waals surface area contributed by atoms with Crippen molar-refractivity contribution in [1.29, 1.82) is 0 Å². The standard InChI is InChI=1S/C11H10N2O2S/c1-2-8-5-7(3-4-12-8)9-6-13-10(16-9)11(14)15/h3-6H,2H2,1H3,(H,14,15). The topological polar surface area (TPSA) is 63.1 Å². The van der Waals surface area contributed by atoms with Crippen molar-refractivity contribution in [2.45, 2.75) is 13.3 Å². The lowest BCUT2D eigenvalue weighted by Crippen LogP contribution is -1.92. The number of nitrogens with zero attached hydrogens (tertiary/aromatic N) is 2. The van der Waals surface area contributed by atoms with Crippen LogP contribution in [0.1, 0.15) is 22.4 Å². The molecule has 2 heterocycles. The number of thiazole rings is 1. The number of pyridine rings is 1. The van der Waals surface area contributed by atoms with Gasteiger partial charge in [-0.2, -0.15) is 0 Å². The summed E-state index contributed by atoms with van der Waals surface area (Å²) in [5, 5.41) is 8.90. The van der Waals surface area contributed by atoms with Crippen molar-refractivity contribution >= 4 is 17.3 Å². The molecule has 16 heavy (non-hydrogen) atoms. The van der Waals surface area contributed by atoms with Crippen LogP contribution in [0.2, 0.25) is 0 Å². The predicted octanol–water partition coefficient (Wildman–Crippen LogP) is 2.47. The minimum Gasteiger partial charge on any atom is -0.476 e. The molecule has 4 nitrogen and oxygen atoms in total. The zero-order valence-electron chi connectivity index (χ0n) is 8.67. The molecule has 1 N–H and O–H groups in total. The van der Waals surface area contributed by atoms with Gasteiger partial charge in [0.15, 0.2) is 0 Å². The average Bonchev–Trinajstić information content (AvgIpc) is 2.78. The molecule has 0 aromatic carbocycles. The van der Waals surface area contributed by atoms with E-state index in [1.165, 1.54) is 11.3 Å². The molecule has 2 aromatic rings. The minimum atomic E-state index is -0.985. The summed E-state index contributed by atoms with van der Waals surface area (Å²) >= 11 is 1.17. The molecule has 0 amide bonds. The Morgan fingerprint density at radius 2 is 2.31 bits per heavy atom. The van der Waals surface area contributed by atoms with Crippen molar-refractivity contribution in [2.24, 2.45) is 0 Å². The van der Waals surface area contributed by atoms with E-state index in [1.807, 2.05) is 19.1 Å². The molecule has 2 aromatic heterocycles. The molecule has 0 aliphatic carbocycles. The van der Waals surface area contributed by atoms with Crippen LogP contribution in [0.3, 0.4) is 0 Å². The smallest absolute Gasteiger partial charge is 0.365 e. The second kappa shape index (κ2) is 4.40. The summed E-state index contributed by atoms with van der Waals surface area (Å²) in [6, 6.07) is 3.82. The number of carboxylic acids is 1. The van der Waals surface area contributed by atoms with Crippen molar-refractivity contribution in [3.05, 3.63) is 35.2 Å². The van der Waals surface area contributed by atoms with Gasteiger partial charge in [-0.25, -0.2) is 9.78 Å². The lowest BCUT2D eigenvalue weighted by atomic mass is 10.2. The van der Waals surface area contributed by atoms with E-state index in [-0.39, 0.29) is 5.01 Å². The predicted molar refractivity (Wildman–Crippen MR) is 61.7 cm³/mol. The first kappa shape index (κ1) is 10.8. The molecule has 0 fully saturated rings. The molecular formula is C11H10N2O2S. The summed E-state index contributed by atoms with van der Waals surface area (Å²) in [6.45, 7) is 2.03. The summed E-state index contributed by atoms with van der Waals surface area (Å²) in [6.07, 6.45) is 4.18. The second-order valence-electron chi connectivity index (χ2n) is 3.22. The highest BCUT2D eigenvalue weighted by atomic mass is 32.1. The fourth-order valence-electron chi connectivity index (χ4n) is 1.33. The van der Waals surface area contributed by atoms with Crippen molar-refractivity contribution in [2.75, 3.05) is 0 Å². The first-order chi connectivity index (χ1) is 7.70. The zero-order chi connectivity index (χ0) is 11.5. The van der Waals surface area contributed by atoms with Gasteiger partial charge in [0, 0.05) is 18.1 Å². The molecule has 0 aliphatic rings. The van der Waals surface area contributed by atoms with Gasteiger partial charge >= 0.3 is 5.97 Å². The molecule has 0 saturated carbocycles. The van der Waals surface area contributed by atoms with Gasteiger partial charge in [-0.15, -0.1) is 11.3 Å². The monoisotopic (exact) mass is 234 g/mol. The third-order valence-corrected chi connectivity index (χ3v) is 3.19. The number of aryl methyl sites for hydroxylation is 1. The molecule has 0 aliphatic heterocycles. The van der Waals surface area contributed by atoms with Gasteiger partial charge in [0.1, 0.15) is 0 Å². The van der Waals surface area contributed by atoms with Crippen LogP contribution < -0.4 is 0 Å². The Hall–Kier alpha value is -1.75. The van der Waals surface area contributed by atoms with Gasteiger partial charge in [0.05, 0.1) is 4.88 Å². The van der Waals surface area contributed by atoms with Crippen LogP contribution in [0, 0.1) is 0 Å². The van der Waals surface area contributed by atoms with Crippen molar-refractivity contribution in [3.8, 4) is 10.4 Å². The Labute approximate surface area is 96.6 Å². The highest BCUT2D eigenvalue weighted by Gasteiger charge is 2.10. The largest absolute Gasteiger partial charge is 0.476 e. The third kappa shape index (κ3) is 2.09. The highest BCUT2D eigenvalue weighted by Crippen LogP contribution is 2.26. The molecular weight excluding hydrogens is 224 g/mol. The fourth-order valence-corrected chi connectivity index (χ4v) is 2.08. The minimum absolute atomic E-state index is 0.116. The van der Waals surface area contributed by atoms with Gasteiger partial charge in [-0.3, -0.25) is 4.98 Å². The number of hydrogen-bond donors (Lipinski definition) is 1. The zero-order valence-corrected chi connectivity index (χ0v) is 9.49. The molecule has 0 radical (unpaired) electrons. The summed E-state index contributed by atoms with van der Waals surface area (Å²) in [5.41, 5.74) is 1.96. The van der Waals surface area contributed by atoms with Crippen molar-refractivity contribution in [3.63, 3.8) is 0 Å². The molecule has 82 valence electrons. The van der Waals surface area contributed by atoms with Crippen LogP contribution in [0.5, 0.6) is 0 Å². The number of rotatable bonds is 3. The Bertz CT molecular complexity index is 522. The summed E-state index contributed by atoms with van der Waals surface area (Å²) in [5.74, 6) is -0.985. The van der Waals surface area contributed by atoms with Gasteiger partial charge in [0.25, 0.3) is 0 Å². The first-order valence-corrected chi connectivity index (χ1v) is 5.66. The quantitative estimate of drug-likeness (QED) is 0.886. The molecule has 2 rings (SSSR count). The van der Waals surface area contributed by atoms with E-state index in [0.29, 0.717) is 0 Å². The Kier molecular flexibility index (Phi) is 2.96. The molecule has 0 unspecified atom stereocenters. The third-order valence-electron chi connectivity index (χ3n) is 2.15. The number of carbonyl (C=O) groups is 1. The van der Waals surface area contributed by atoms with E-state index in [4.69, 9.17) is 5.11 Å². The van der Waals surface area contributed by atoms with E-state index in [9.17, 15) is 4.79 Å². The van der Waals surface area contributed by atoms with Crippen molar-refractivity contribution < 1.29 is 9.90 Å². The van der Waals surface area contributed by atoms with E-state index in [2.05, 4.69) is 9.97 Å². The van der Waals surface area contributed by atoms with E-state index in [1.54, 1.807) is 12.4 Å². The van der Waals surface area contributed by atoms with Crippen LogP contribution in [-0.4, -0.2) is 21.0 Å². The first-order valence-electron chi connectivity index (χ1n) is 4.85. The Morgan fingerprint density at radius 1 is 1.50 bits per heavy atom. The van der Waals surface area contributed by atoms with Gasteiger partial charge in [-0.05, 0) is 24.1 Å². The normalized spacial score (nSPS) is 10.3. The number of aromatic carboxylic acids is 1. The van der Waals surface area contributed by atoms with Gasteiger partial charge in [-0.1, -0.05) is 6.92 Å². The maximum atomic E-state index is 10.7. The van der Waals surface area contributed by atoms with Gasteiger partial charge < -0.3 is 5.11 Å². The van der Waals surface area contributed by atoms with Crippen LogP contribution >= 0.6 is 11.3 Å². The number of carboxylic acid groups (broad SMARTS) is 1. The van der Waals surface area contributed by atoms with Crippen LogP contribution in [0.15, 0.2) is 24.5 Å². The van der Waals surface area contributed by atoms with Crippen LogP contribution in [0.25, 0.3) is 10.4 Å². The van der Waals surface area contributed by atoms with Crippen LogP contribution in [-0.2, 0) is 6.42 Å². The average molecular weight is 234 g/mol. The molecule has 0 saturated heterocycles. The van der Waals surface area contributed by atoms with E-state index >= 15 is 0 Å². The molecule has 0 spiro atoms. The lowest BCUT2D eigenvalue weighted by molar-refractivity contribution is 0.0696.